The molecule has 0 aliphatic carbocycles. The summed E-state index contributed by atoms with van der Waals surface area (Å²) >= 11 is 0. The normalized spacial score (nSPS) is 10.7. The number of aromatic amines is 1. The fourth-order valence-corrected chi connectivity index (χ4v) is 2.87. The molecule has 0 saturated carbocycles. The molecule has 0 atom stereocenters. The van der Waals surface area contributed by atoms with Gasteiger partial charge in [-0.25, -0.2) is 4.98 Å². The molecule has 0 saturated heterocycles. The Labute approximate surface area is 167 Å². The molecular weight excluding hydrogens is 368 g/mol. The van der Waals surface area contributed by atoms with Gasteiger partial charge in [-0.1, -0.05) is 12.1 Å². The number of nitrogens with one attached hydrogen (secondary N) is 2. The molecule has 0 bridgehead atoms. The third-order valence-electron chi connectivity index (χ3n) is 4.27. The predicted octanol–water partition coefficient (Wildman–Crippen LogP) is 4.19. The topological polar surface area (TPSA) is 89.1 Å². The van der Waals surface area contributed by atoms with E-state index >= 15 is 0 Å². The van der Waals surface area contributed by atoms with E-state index in [2.05, 4.69) is 20.3 Å². The van der Waals surface area contributed by atoms with E-state index in [0.717, 1.165) is 16.6 Å². The molecule has 29 heavy (non-hydrogen) atoms. The Morgan fingerprint density at radius 2 is 1.86 bits per heavy atom. The zero-order chi connectivity index (χ0) is 20.1. The van der Waals surface area contributed by atoms with Gasteiger partial charge in [-0.3, -0.25) is 15.1 Å². The quantitative estimate of drug-likeness (QED) is 0.496. The van der Waals surface area contributed by atoms with Crippen molar-refractivity contribution in [3.63, 3.8) is 0 Å². The number of fused-ring (bicyclic) bond motifs is 1. The van der Waals surface area contributed by atoms with Gasteiger partial charge in [0.1, 0.15) is 6.61 Å². The number of aromatic nitrogens is 3. The van der Waals surface area contributed by atoms with Crippen molar-refractivity contribution in [2.75, 3.05) is 11.9 Å². The Morgan fingerprint density at radius 3 is 2.66 bits per heavy atom. The monoisotopic (exact) mass is 388 g/mol. The van der Waals surface area contributed by atoms with Gasteiger partial charge in [0.15, 0.2) is 11.5 Å². The van der Waals surface area contributed by atoms with E-state index in [1.165, 1.54) is 0 Å². The van der Waals surface area contributed by atoms with Crippen molar-refractivity contribution in [1.29, 1.82) is 0 Å². The van der Waals surface area contributed by atoms with Crippen molar-refractivity contribution in [3.8, 4) is 11.5 Å². The lowest BCUT2D eigenvalue weighted by Gasteiger charge is -2.13. The van der Waals surface area contributed by atoms with Crippen LogP contribution in [0.2, 0.25) is 0 Å². The minimum absolute atomic E-state index is 0.286. The number of ether oxygens (including phenoxy) is 2. The van der Waals surface area contributed by atoms with Gasteiger partial charge < -0.3 is 14.5 Å². The predicted molar refractivity (Wildman–Crippen MR) is 110 cm³/mol. The molecule has 4 rings (SSSR count). The van der Waals surface area contributed by atoms with Gasteiger partial charge in [0, 0.05) is 18.0 Å². The Hall–Kier alpha value is -3.87. The molecule has 1 amide bonds. The second-order valence-electron chi connectivity index (χ2n) is 6.30. The van der Waals surface area contributed by atoms with Gasteiger partial charge in [0.2, 0.25) is 5.95 Å². The fourth-order valence-electron chi connectivity index (χ4n) is 2.87. The summed E-state index contributed by atoms with van der Waals surface area (Å²) in [6.45, 7) is 2.72. The Balaban J connectivity index is 1.50. The van der Waals surface area contributed by atoms with Crippen LogP contribution in [0, 0.1) is 0 Å². The highest BCUT2D eigenvalue weighted by Crippen LogP contribution is 2.29. The van der Waals surface area contributed by atoms with Gasteiger partial charge in [0.25, 0.3) is 5.91 Å². The zero-order valence-electron chi connectivity index (χ0n) is 15.9. The molecule has 0 radical (unpaired) electrons. The van der Waals surface area contributed by atoms with Gasteiger partial charge in [-0.15, -0.1) is 0 Å². The van der Waals surface area contributed by atoms with Crippen molar-refractivity contribution < 1.29 is 14.3 Å². The number of amides is 1. The van der Waals surface area contributed by atoms with Crippen LogP contribution in [-0.2, 0) is 6.61 Å². The number of imidazole rings is 1. The van der Waals surface area contributed by atoms with E-state index in [-0.39, 0.29) is 5.91 Å². The van der Waals surface area contributed by atoms with Gasteiger partial charge in [-0.2, -0.15) is 0 Å². The van der Waals surface area contributed by atoms with Crippen LogP contribution in [0.5, 0.6) is 11.5 Å². The summed E-state index contributed by atoms with van der Waals surface area (Å²) in [6.07, 6.45) is 3.43. The van der Waals surface area contributed by atoms with Crippen molar-refractivity contribution in [1.82, 2.24) is 15.0 Å². The van der Waals surface area contributed by atoms with Crippen LogP contribution in [0.3, 0.4) is 0 Å². The van der Waals surface area contributed by atoms with Crippen molar-refractivity contribution in [2.45, 2.75) is 13.5 Å². The first-order valence-corrected chi connectivity index (χ1v) is 9.27. The number of para-hydroxylation sites is 2. The van der Waals surface area contributed by atoms with E-state index in [9.17, 15) is 4.79 Å². The van der Waals surface area contributed by atoms with Crippen molar-refractivity contribution >= 4 is 22.9 Å². The number of pyridine rings is 1. The molecular formula is C22H20N4O3. The Bertz CT molecular complexity index is 1090. The zero-order valence-corrected chi connectivity index (χ0v) is 15.9. The molecule has 0 spiro atoms. The molecule has 2 aromatic heterocycles. The minimum atomic E-state index is -0.286. The summed E-state index contributed by atoms with van der Waals surface area (Å²) in [6, 6.07) is 16.5. The molecule has 146 valence electrons. The van der Waals surface area contributed by atoms with Crippen LogP contribution < -0.4 is 14.8 Å². The van der Waals surface area contributed by atoms with E-state index in [4.69, 9.17) is 9.47 Å². The van der Waals surface area contributed by atoms with Crippen LogP contribution in [0.1, 0.15) is 22.8 Å². The number of hydrogen-bond acceptors (Lipinski definition) is 5. The molecule has 7 heteroatoms. The number of hydrogen-bond donors (Lipinski definition) is 2. The van der Waals surface area contributed by atoms with Crippen molar-refractivity contribution in [3.05, 3.63) is 78.1 Å². The highest BCUT2D eigenvalue weighted by atomic mass is 16.5. The first kappa shape index (κ1) is 18.5. The third kappa shape index (κ3) is 4.35. The van der Waals surface area contributed by atoms with Gasteiger partial charge in [-0.05, 0) is 55.0 Å². The van der Waals surface area contributed by atoms with Crippen molar-refractivity contribution in [2.24, 2.45) is 0 Å². The number of benzene rings is 2. The summed E-state index contributed by atoms with van der Waals surface area (Å²) in [5.41, 5.74) is 3.09. The summed E-state index contributed by atoms with van der Waals surface area (Å²) in [5, 5.41) is 2.79. The van der Waals surface area contributed by atoms with E-state index in [1.54, 1.807) is 30.6 Å². The number of H-pyrrole nitrogens is 1. The lowest BCUT2D eigenvalue weighted by atomic mass is 10.2. The van der Waals surface area contributed by atoms with Crippen LogP contribution in [0.4, 0.5) is 5.95 Å². The number of anilines is 1. The first-order chi connectivity index (χ1) is 14.2. The number of carbonyl (C=O) groups excluding carboxylic acids is 1. The van der Waals surface area contributed by atoms with Crippen LogP contribution >= 0.6 is 0 Å². The number of rotatable bonds is 7. The molecule has 4 aromatic rings. The molecule has 0 fully saturated rings. The van der Waals surface area contributed by atoms with E-state index in [0.29, 0.717) is 36.2 Å². The van der Waals surface area contributed by atoms with E-state index in [1.807, 2.05) is 43.3 Å². The Morgan fingerprint density at radius 1 is 1.03 bits per heavy atom. The molecule has 0 aliphatic heterocycles. The highest BCUT2D eigenvalue weighted by molar-refractivity contribution is 6.04. The summed E-state index contributed by atoms with van der Waals surface area (Å²) in [5.74, 6) is 1.20. The molecule has 0 unspecified atom stereocenters. The summed E-state index contributed by atoms with van der Waals surface area (Å²) < 4.78 is 11.5. The second kappa shape index (κ2) is 8.43. The third-order valence-corrected chi connectivity index (χ3v) is 4.27. The molecule has 0 aliphatic rings. The Kier molecular flexibility index (Phi) is 5.38. The largest absolute Gasteiger partial charge is 0.490 e. The standard InChI is InChI=1S/C22H20N4O3/c1-2-28-20-13-16(7-8-19(20)29-14-15-9-11-23-12-10-15)21(27)26-22-24-17-5-3-4-6-18(17)25-22/h3-13H,2,14H2,1H3,(H2,24,25,26,27). The van der Waals surface area contributed by atoms with Crippen LogP contribution in [0.25, 0.3) is 11.0 Å². The number of carbonyl (C=O) groups is 1. The van der Waals surface area contributed by atoms with Gasteiger partial charge in [0.05, 0.1) is 17.6 Å². The lowest BCUT2D eigenvalue weighted by molar-refractivity contribution is 0.102. The van der Waals surface area contributed by atoms with Gasteiger partial charge >= 0.3 is 0 Å². The molecule has 7 nitrogen and oxygen atoms in total. The maximum absolute atomic E-state index is 12.7. The molecule has 2 heterocycles. The van der Waals surface area contributed by atoms with Crippen LogP contribution in [-0.4, -0.2) is 27.5 Å². The fraction of sp³-hybridized carbons (Fsp3) is 0.136. The highest BCUT2D eigenvalue weighted by Gasteiger charge is 2.14. The second-order valence-corrected chi connectivity index (χ2v) is 6.30. The number of nitrogens with zero attached hydrogens (tertiary/aromatic N) is 2. The maximum Gasteiger partial charge on any atom is 0.258 e. The molecule has 2 aromatic carbocycles. The van der Waals surface area contributed by atoms with E-state index < -0.39 is 0 Å². The summed E-state index contributed by atoms with van der Waals surface area (Å²) in [4.78, 5) is 24.1. The minimum Gasteiger partial charge on any atom is -0.490 e. The lowest BCUT2D eigenvalue weighted by Crippen LogP contribution is -2.13. The van der Waals surface area contributed by atoms with Crippen LogP contribution in [0.15, 0.2) is 67.0 Å². The first-order valence-electron chi connectivity index (χ1n) is 9.27. The average molecular weight is 388 g/mol. The maximum atomic E-state index is 12.7. The average Bonchev–Trinajstić information content (AvgIpc) is 3.16. The molecule has 2 N–H and O–H groups in total. The SMILES string of the molecule is CCOc1cc(C(=O)Nc2nc3ccccc3[nH]2)ccc1OCc1ccncc1. The smallest absolute Gasteiger partial charge is 0.258 e. The summed E-state index contributed by atoms with van der Waals surface area (Å²) in [7, 11) is 0.